The lowest BCUT2D eigenvalue weighted by Crippen LogP contribution is -2.45. The molecule has 0 saturated heterocycles. The molecule has 1 amide bonds. The summed E-state index contributed by atoms with van der Waals surface area (Å²) < 4.78 is 23.1. The average molecular weight is 841 g/mol. The Labute approximate surface area is 361 Å². The fraction of sp³-hybridized carbons (Fsp3) is 0.620. The molecule has 0 aromatic rings. The minimum atomic E-state index is -4.60. The minimum absolute atomic E-state index is 0.0174. The fourth-order valence-electron chi connectivity index (χ4n) is 5.62. The molecule has 0 aliphatic heterocycles. The van der Waals surface area contributed by atoms with E-state index in [0.717, 1.165) is 103 Å². The van der Waals surface area contributed by atoms with E-state index in [1.807, 2.05) is 27.2 Å². The largest absolute Gasteiger partial charge is 0.756 e. The van der Waals surface area contributed by atoms with Crippen molar-refractivity contribution in [3.05, 3.63) is 109 Å². The number of hydrogen-bond acceptors (Lipinski definition) is 6. The SMILES string of the molecule is CC/C=C\C/C=C\C/C=C\C/C=C\C/C=C\C/C=C\C/C=C\CCCCCCCC(=O)NC(COP(=O)([O-])OCC[N+](C)(C)C)C(O)/C=C/CC/C=C/CCCCCC. The smallest absolute Gasteiger partial charge is 0.268 e. The van der Waals surface area contributed by atoms with Crippen LogP contribution in [0.2, 0.25) is 0 Å². The molecule has 0 rings (SSSR count). The maximum atomic E-state index is 12.8. The van der Waals surface area contributed by atoms with Crippen LogP contribution in [-0.4, -0.2) is 68.5 Å². The van der Waals surface area contributed by atoms with Gasteiger partial charge < -0.3 is 28.8 Å². The van der Waals surface area contributed by atoms with Gasteiger partial charge in [-0.3, -0.25) is 9.36 Å². The molecular weight excluding hydrogens is 756 g/mol. The highest BCUT2D eigenvalue weighted by Gasteiger charge is 2.23. The van der Waals surface area contributed by atoms with E-state index in [0.29, 0.717) is 17.4 Å². The van der Waals surface area contributed by atoms with Crippen LogP contribution in [0.4, 0.5) is 0 Å². The highest BCUT2D eigenvalue weighted by molar-refractivity contribution is 7.45. The Morgan fingerprint density at radius 2 is 1.05 bits per heavy atom. The summed E-state index contributed by atoms with van der Waals surface area (Å²) in [5.41, 5.74) is 0. The van der Waals surface area contributed by atoms with Crippen LogP contribution in [0.3, 0.4) is 0 Å². The Morgan fingerprint density at radius 3 is 1.58 bits per heavy atom. The molecule has 0 fully saturated rings. The number of amides is 1. The number of rotatable bonds is 39. The van der Waals surface area contributed by atoms with E-state index in [4.69, 9.17) is 9.05 Å². The monoisotopic (exact) mass is 841 g/mol. The van der Waals surface area contributed by atoms with Gasteiger partial charge in [-0.2, -0.15) is 0 Å². The summed E-state index contributed by atoms with van der Waals surface area (Å²) >= 11 is 0. The molecular formula is C50H85N2O6P. The van der Waals surface area contributed by atoms with Crippen molar-refractivity contribution in [1.29, 1.82) is 0 Å². The van der Waals surface area contributed by atoms with Crippen molar-refractivity contribution < 1.29 is 32.9 Å². The molecule has 3 atom stereocenters. The number of aliphatic hydroxyl groups excluding tert-OH is 1. The summed E-state index contributed by atoms with van der Waals surface area (Å²) in [5, 5.41) is 13.7. The van der Waals surface area contributed by atoms with Gasteiger partial charge in [-0.1, -0.05) is 162 Å². The van der Waals surface area contributed by atoms with Crippen molar-refractivity contribution in [1.82, 2.24) is 5.32 Å². The van der Waals surface area contributed by atoms with Gasteiger partial charge in [0.2, 0.25) is 5.91 Å². The third kappa shape index (κ3) is 43.1. The van der Waals surface area contributed by atoms with Gasteiger partial charge in [-0.05, 0) is 89.9 Å². The number of likely N-dealkylation sites (N-methyl/N-ethyl adjacent to an activating group) is 1. The Bertz CT molecular complexity index is 1320. The van der Waals surface area contributed by atoms with Gasteiger partial charge in [0.1, 0.15) is 13.2 Å². The summed E-state index contributed by atoms with van der Waals surface area (Å²) in [6.07, 6.45) is 58.6. The molecule has 0 aliphatic carbocycles. The first-order valence-electron chi connectivity index (χ1n) is 22.7. The quantitative estimate of drug-likeness (QED) is 0.0276. The standard InChI is InChI=1S/C50H85N2O6P/c1-6-8-10-12-14-16-18-19-20-21-22-23-24-25-26-27-28-29-30-31-32-33-34-36-38-40-42-44-50(54)51-48(47-58-59(55,56)57-46-45-52(3,4)5)49(53)43-41-39-37-35-17-15-13-11-9-7-2/h8,10,14,16-17,19-20,22-23,25-26,28-29,31-32,35,41,43,48-49,53H,6-7,9,11-13,15,18,21,24,27,30,33-34,36-40,42,44-47H2,1-5H3,(H-,51,54,55,56)/b10-8-,16-14-,20-19-,23-22-,26-25-,29-28-,32-31-,35-17+,43-41+. The van der Waals surface area contributed by atoms with Crippen LogP contribution in [0.5, 0.6) is 0 Å². The zero-order chi connectivity index (χ0) is 43.6. The molecule has 3 unspecified atom stereocenters. The maximum Gasteiger partial charge on any atom is 0.268 e. The first-order chi connectivity index (χ1) is 28.5. The Kier molecular flexibility index (Phi) is 38.6. The number of unbranched alkanes of at least 4 members (excludes halogenated alkanes) is 10. The topological polar surface area (TPSA) is 108 Å². The first kappa shape index (κ1) is 56.2. The van der Waals surface area contributed by atoms with Crippen LogP contribution in [0, 0.1) is 0 Å². The number of phosphoric acid groups is 1. The van der Waals surface area contributed by atoms with Crippen molar-refractivity contribution in [3.8, 4) is 0 Å². The van der Waals surface area contributed by atoms with Gasteiger partial charge in [0.05, 0.1) is 39.9 Å². The number of nitrogens with one attached hydrogen (secondary N) is 1. The highest BCUT2D eigenvalue weighted by atomic mass is 31.2. The molecule has 0 radical (unpaired) electrons. The van der Waals surface area contributed by atoms with E-state index in [9.17, 15) is 19.4 Å². The molecule has 0 aliphatic rings. The molecule has 0 bridgehead atoms. The maximum absolute atomic E-state index is 12.8. The third-order valence-corrected chi connectivity index (χ3v) is 10.2. The molecule has 8 nitrogen and oxygen atoms in total. The van der Waals surface area contributed by atoms with E-state index in [-0.39, 0.29) is 12.5 Å². The summed E-state index contributed by atoms with van der Waals surface area (Å²) in [4.78, 5) is 25.3. The predicted octanol–water partition coefficient (Wildman–Crippen LogP) is 12.3. The fourth-order valence-corrected chi connectivity index (χ4v) is 6.34. The molecule has 336 valence electrons. The number of nitrogens with zero attached hydrogens (tertiary/aromatic N) is 1. The van der Waals surface area contributed by atoms with Gasteiger partial charge in [0.25, 0.3) is 7.82 Å². The number of hydrogen-bond donors (Lipinski definition) is 2. The van der Waals surface area contributed by atoms with Crippen LogP contribution in [0.1, 0.15) is 149 Å². The van der Waals surface area contributed by atoms with Crippen molar-refractivity contribution in [2.75, 3.05) is 40.9 Å². The van der Waals surface area contributed by atoms with Crippen LogP contribution in [0.25, 0.3) is 0 Å². The number of quaternary nitrogens is 1. The molecule has 0 aromatic carbocycles. The van der Waals surface area contributed by atoms with Gasteiger partial charge in [0.15, 0.2) is 0 Å². The first-order valence-corrected chi connectivity index (χ1v) is 24.2. The number of aliphatic hydroxyl groups is 1. The van der Waals surface area contributed by atoms with E-state index >= 15 is 0 Å². The summed E-state index contributed by atoms with van der Waals surface area (Å²) in [5.74, 6) is -0.235. The lowest BCUT2D eigenvalue weighted by molar-refractivity contribution is -0.870. The minimum Gasteiger partial charge on any atom is -0.756 e. The number of carbonyl (C=O) groups excluding carboxylic acids is 1. The van der Waals surface area contributed by atoms with E-state index < -0.39 is 26.6 Å². The second-order valence-corrected chi connectivity index (χ2v) is 17.4. The molecule has 0 aromatic heterocycles. The summed E-state index contributed by atoms with van der Waals surface area (Å²) in [6.45, 7) is 4.42. The molecule has 0 heterocycles. The average Bonchev–Trinajstić information content (AvgIpc) is 3.19. The van der Waals surface area contributed by atoms with Crippen molar-refractivity contribution in [2.45, 2.75) is 161 Å². The Morgan fingerprint density at radius 1 is 0.610 bits per heavy atom. The van der Waals surface area contributed by atoms with Gasteiger partial charge in [-0.25, -0.2) is 0 Å². The van der Waals surface area contributed by atoms with Gasteiger partial charge >= 0.3 is 0 Å². The normalized spacial score (nSPS) is 15.3. The zero-order valence-electron chi connectivity index (χ0n) is 37.9. The number of phosphoric ester groups is 1. The van der Waals surface area contributed by atoms with E-state index in [2.05, 4.69) is 116 Å². The second-order valence-electron chi connectivity index (χ2n) is 16.0. The Hall–Kier alpha value is -2.84. The lowest BCUT2D eigenvalue weighted by Gasteiger charge is -2.29. The molecule has 59 heavy (non-hydrogen) atoms. The molecule has 2 N–H and O–H groups in total. The number of allylic oxidation sites excluding steroid dienone is 17. The second kappa shape index (κ2) is 40.6. The van der Waals surface area contributed by atoms with Crippen LogP contribution < -0.4 is 10.2 Å². The van der Waals surface area contributed by atoms with Crippen molar-refractivity contribution >= 4 is 13.7 Å². The van der Waals surface area contributed by atoms with Gasteiger partial charge in [0, 0.05) is 6.42 Å². The summed E-state index contributed by atoms with van der Waals surface area (Å²) in [6, 6.07) is -0.920. The summed E-state index contributed by atoms with van der Waals surface area (Å²) in [7, 11) is 1.20. The Balaban J connectivity index is 4.36. The van der Waals surface area contributed by atoms with Crippen molar-refractivity contribution in [3.63, 3.8) is 0 Å². The van der Waals surface area contributed by atoms with E-state index in [1.54, 1.807) is 6.08 Å². The lowest BCUT2D eigenvalue weighted by atomic mass is 10.1. The van der Waals surface area contributed by atoms with E-state index in [1.165, 1.54) is 25.7 Å². The zero-order valence-corrected chi connectivity index (χ0v) is 38.8. The van der Waals surface area contributed by atoms with Crippen LogP contribution in [0.15, 0.2) is 109 Å². The molecule has 9 heteroatoms. The third-order valence-electron chi connectivity index (χ3n) is 9.22. The highest BCUT2D eigenvalue weighted by Crippen LogP contribution is 2.38. The van der Waals surface area contributed by atoms with Crippen LogP contribution >= 0.6 is 7.82 Å². The predicted molar refractivity (Wildman–Crippen MR) is 251 cm³/mol. The molecule has 0 spiro atoms. The number of carbonyl (C=O) groups is 1. The molecule has 0 saturated carbocycles. The van der Waals surface area contributed by atoms with Crippen LogP contribution in [-0.2, 0) is 18.4 Å². The van der Waals surface area contributed by atoms with Crippen molar-refractivity contribution in [2.24, 2.45) is 0 Å². The van der Waals surface area contributed by atoms with Gasteiger partial charge in [-0.15, -0.1) is 0 Å².